The van der Waals surface area contributed by atoms with Crippen molar-refractivity contribution in [1.82, 2.24) is 5.43 Å². The number of nitrogens with zero attached hydrogens (tertiary/aromatic N) is 1. The molecule has 0 saturated carbocycles. The van der Waals surface area contributed by atoms with Gasteiger partial charge >= 0.3 is 5.97 Å². The first-order valence-electron chi connectivity index (χ1n) is 11.6. The van der Waals surface area contributed by atoms with Gasteiger partial charge < -0.3 is 14.2 Å². The Labute approximate surface area is 209 Å². The standard InChI is InChI=1S/C29H26N2O5/c1-3-34-23-14-9-21(10-15-23)28(32)31-30-19-26-25-8-6-5-7-20(25)13-18-27(26)36-29(33)22-11-16-24(17-12-22)35-4-2/h5-19H,3-4H2,1-2H3,(H,31,32)/b30-19-. The van der Waals surface area contributed by atoms with Gasteiger partial charge in [0.05, 0.1) is 25.0 Å². The Kier molecular flexibility index (Phi) is 7.93. The van der Waals surface area contributed by atoms with Crippen molar-refractivity contribution in [3.63, 3.8) is 0 Å². The Bertz CT molecular complexity index is 1380. The van der Waals surface area contributed by atoms with Crippen molar-refractivity contribution in [2.75, 3.05) is 13.2 Å². The molecule has 36 heavy (non-hydrogen) atoms. The first kappa shape index (κ1) is 24.5. The molecule has 0 atom stereocenters. The minimum atomic E-state index is -0.513. The SMILES string of the molecule is CCOc1ccc(C(=O)N/N=C\c2c(OC(=O)c3ccc(OCC)cc3)ccc3ccccc23)cc1. The van der Waals surface area contributed by atoms with Crippen LogP contribution in [0, 0.1) is 0 Å². The van der Waals surface area contributed by atoms with Crippen molar-refractivity contribution in [2.24, 2.45) is 5.10 Å². The number of hydrogen-bond donors (Lipinski definition) is 1. The third-order valence-electron chi connectivity index (χ3n) is 5.32. The van der Waals surface area contributed by atoms with E-state index < -0.39 is 5.97 Å². The van der Waals surface area contributed by atoms with Gasteiger partial charge in [0.25, 0.3) is 5.91 Å². The molecule has 0 aromatic heterocycles. The fourth-order valence-corrected chi connectivity index (χ4v) is 3.60. The maximum Gasteiger partial charge on any atom is 0.343 e. The average molecular weight is 483 g/mol. The van der Waals surface area contributed by atoms with E-state index in [2.05, 4.69) is 10.5 Å². The summed E-state index contributed by atoms with van der Waals surface area (Å²) >= 11 is 0. The lowest BCUT2D eigenvalue weighted by molar-refractivity contribution is 0.0734. The first-order valence-corrected chi connectivity index (χ1v) is 11.6. The Morgan fingerprint density at radius 3 is 2.03 bits per heavy atom. The van der Waals surface area contributed by atoms with Crippen LogP contribution in [-0.2, 0) is 0 Å². The van der Waals surface area contributed by atoms with Gasteiger partial charge in [0.15, 0.2) is 0 Å². The van der Waals surface area contributed by atoms with Crippen LogP contribution in [0.2, 0.25) is 0 Å². The van der Waals surface area contributed by atoms with Gasteiger partial charge in [-0.15, -0.1) is 0 Å². The summed E-state index contributed by atoms with van der Waals surface area (Å²) in [6.45, 7) is 4.88. The summed E-state index contributed by atoms with van der Waals surface area (Å²) in [7, 11) is 0. The zero-order chi connectivity index (χ0) is 25.3. The van der Waals surface area contributed by atoms with Gasteiger partial charge in [0, 0.05) is 11.1 Å². The van der Waals surface area contributed by atoms with E-state index in [0.29, 0.717) is 47.2 Å². The fourth-order valence-electron chi connectivity index (χ4n) is 3.60. The van der Waals surface area contributed by atoms with Gasteiger partial charge in [-0.05, 0) is 79.2 Å². The van der Waals surface area contributed by atoms with Crippen molar-refractivity contribution in [3.05, 3.63) is 102 Å². The third kappa shape index (κ3) is 5.88. The number of fused-ring (bicyclic) bond motifs is 1. The number of esters is 1. The van der Waals surface area contributed by atoms with Crippen LogP contribution in [0.5, 0.6) is 17.2 Å². The molecule has 0 bridgehead atoms. The van der Waals surface area contributed by atoms with Gasteiger partial charge in [-0.2, -0.15) is 5.10 Å². The first-order chi connectivity index (χ1) is 17.6. The van der Waals surface area contributed by atoms with Crippen molar-refractivity contribution >= 4 is 28.9 Å². The van der Waals surface area contributed by atoms with Crippen LogP contribution in [0.3, 0.4) is 0 Å². The summed E-state index contributed by atoms with van der Waals surface area (Å²) in [6, 6.07) is 24.8. The topological polar surface area (TPSA) is 86.2 Å². The van der Waals surface area contributed by atoms with E-state index in [4.69, 9.17) is 14.2 Å². The maximum absolute atomic E-state index is 12.8. The summed E-state index contributed by atoms with van der Waals surface area (Å²) in [5, 5.41) is 5.91. The molecule has 4 rings (SSSR count). The van der Waals surface area contributed by atoms with Crippen LogP contribution in [0.15, 0.2) is 90.0 Å². The molecule has 0 spiro atoms. The molecule has 4 aromatic rings. The van der Waals surface area contributed by atoms with E-state index in [1.807, 2.05) is 44.2 Å². The number of rotatable bonds is 9. The fraction of sp³-hybridized carbons (Fsp3) is 0.138. The molecule has 4 aromatic carbocycles. The van der Waals surface area contributed by atoms with E-state index in [1.54, 1.807) is 54.6 Å². The van der Waals surface area contributed by atoms with Gasteiger partial charge in [-0.25, -0.2) is 10.2 Å². The highest BCUT2D eigenvalue weighted by Crippen LogP contribution is 2.27. The second-order valence-corrected chi connectivity index (χ2v) is 7.70. The van der Waals surface area contributed by atoms with Gasteiger partial charge in [-0.3, -0.25) is 4.79 Å². The van der Waals surface area contributed by atoms with Gasteiger partial charge in [0.1, 0.15) is 17.2 Å². The quantitative estimate of drug-likeness (QED) is 0.145. The number of hydrazone groups is 1. The summed E-state index contributed by atoms with van der Waals surface area (Å²) in [6.07, 6.45) is 1.48. The predicted molar refractivity (Wildman–Crippen MR) is 139 cm³/mol. The lowest BCUT2D eigenvalue weighted by Crippen LogP contribution is -2.17. The van der Waals surface area contributed by atoms with Gasteiger partial charge in [-0.1, -0.05) is 30.3 Å². The van der Waals surface area contributed by atoms with Crippen LogP contribution in [0.25, 0.3) is 10.8 Å². The van der Waals surface area contributed by atoms with Crippen molar-refractivity contribution < 1.29 is 23.8 Å². The molecule has 0 saturated heterocycles. The molecule has 182 valence electrons. The third-order valence-corrected chi connectivity index (χ3v) is 5.32. The van der Waals surface area contributed by atoms with Crippen LogP contribution in [0.4, 0.5) is 0 Å². The molecule has 0 aliphatic carbocycles. The number of hydrogen-bond acceptors (Lipinski definition) is 6. The largest absolute Gasteiger partial charge is 0.494 e. The Balaban J connectivity index is 1.55. The van der Waals surface area contributed by atoms with E-state index in [-0.39, 0.29) is 5.91 Å². The molecule has 1 amide bonds. The molecule has 0 aliphatic heterocycles. The molecule has 0 aliphatic rings. The smallest absolute Gasteiger partial charge is 0.343 e. The number of carbonyl (C=O) groups excluding carboxylic acids is 2. The van der Waals surface area contributed by atoms with E-state index in [1.165, 1.54) is 6.21 Å². The zero-order valence-electron chi connectivity index (χ0n) is 20.1. The predicted octanol–water partition coefficient (Wildman–Crippen LogP) is 5.62. The molecule has 7 nitrogen and oxygen atoms in total. The van der Waals surface area contributed by atoms with Crippen LogP contribution in [-0.4, -0.2) is 31.3 Å². The van der Waals surface area contributed by atoms with E-state index in [0.717, 1.165) is 10.8 Å². The Hall–Kier alpha value is -4.65. The van der Waals surface area contributed by atoms with E-state index >= 15 is 0 Å². The zero-order valence-corrected chi connectivity index (χ0v) is 20.1. The molecule has 0 radical (unpaired) electrons. The molecule has 0 unspecified atom stereocenters. The minimum Gasteiger partial charge on any atom is -0.494 e. The number of amides is 1. The number of nitrogens with one attached hydrogen (secondary N) is 1. The number of carbonyl (C=O) groups is 2. The minimum absolute atomic E-state index is 0.326. The Morgan fingerprint density at radius 2 is 1.39 bits per heavy atom. The molecule has 7 heteroatoms. The lowest BCUT2D eigenvalue weighted by atomic mass is 10.0. The van der Waals surface area contributed by atoms with E-state index in [9.17, 15) is 9.59 Å². The second-order valence-electron chi connectivity index (χ2n) is 7.70. The highest BCUT2D eigenvalue weighted by Gasteiger charge is 2.14. The van der Waals surface area contributed by atoms with Gasteiger partial charge in [0.2, 0.25) is 0 Å². The highest BCUT2D eigenvalue weighted by atomic mass is 16.5. The number of ether oxygens (including phenoxy) is 3. The molecule has 0 fully saturated rings. The lowest BCUT2D eigenvalue weighted by Gasteiger charge is -2.11. The summed E-state index contributed by atoms with van der Waals surface area (Å²) in [5.41, 5.74) is 3.93. The van der Waals surface area contributed by atoms with Crippen molar-refractivity contribution in [1.29, 1.82) is 0 Å². The molecule has 0 heterocycles. The number of benzene rings is 4. The van der Waals surface area contributed by atoms with Crippen LogP contribution in [0.1, 0.15) is 40.1 Å². The monoisotopic (exact) mass is 482 g/mol. The summed E-state index contributed by atoms with van der Waals surface area (Å²) in [4.78, 5) is 25.4. The summed E-state index contributed by atoms with van der Waals surface area (Å²) in [5.74, 6) is 0.804. The van der Waals surface area contributed by atoms with Crippen LogP contribution < -0.4 is 19.6 Å². The molecular weight excluding hydrogens is 456 g/mol. The summed E-state index contributed by atoms with van der Waals surface area (Å²) < 4.78 is 16.6. The van der Waals surface area contributed by atoms with Crippen LogP contribution >= 0.6 is 0 Å². The Morgan fingerprint density at radius 1 is 0.778 bits per heavy atom. The highest BCUT2D eigenvalue weighted by molar-refractivity contribution is 6.04. The molecule has 1 N–H and O–H groups in total. The average Bonchev–Trinajstić information content (AvgIpc) is 2.91. The van der Waals surface area contributed by atoms with Crippen molar-refractivity contribution in [3.8, 4) is 17.2 Å². The van der Waals surface area contributed by atoms with Crippen molar-refractivity contribution in [2.45, 2.75) is 13.8 Å². The maximum atomic E-state index is 12.8. The molecular formula is C29H26N2O5. The second kappa shape index (κ2) is 11.7. The normalized spacial score (nSPS) is 10.8.